The lowest BCUT2D eigenvalue weighted by Gasteiger charge is -2.22. The number of methoxy groups -OCH3 is 1. The van der Waals surface area contributed by atoms with Gasteiger partial charge in [0.1, 0.15) is 11.3 Å². The van der Waals surface area contributed by atoms with Crippen LogP contribution in [0.3, 0.4) is 0 Å². The molecular formula is C28H32N2O3. The van der Waals surface area contributed by atoms with Gasteiger partial charge in [0, 0.05) is 18.1 Å². The van der Waals surface area contributed by atoms with E-state index in [1.54, 1.807) is 7.11 Å². The van der Waals surface area contributed by atoms with E-state index in [1.807, 2.05) is 49.5 Å². The molecule has 172 valence electrons. The SMILES string of the molecule is CCCCN(CCCc1cnc2c(c1C)c(=O)oc1ccccc12)Cc1cccc(OC)c1. The van der Waals surface area contributed by atoms with E-state index < -0.39 is 0 Å². The first kappa shape index (κ1) is 23.0. The summed E-state index contributed by atoms with van der Waals surface area (Å²) < 4.78 is 11.0. The molecule has 33 heavy (non-hydrogen) atoms. The van der Waals surface area contributed by atoms with E-state index in [2.05, 4.69) is 28.9 Å². The fourth-order valence-corrected chi connectivity index (χ4v) is 4.42. The van der Waals surface area contributed by atoms with Crippen molar-refractivity contribution >= 4 is 21.9 Å². The van der Waals surface area contributed by atoms with Crippen LogP contribution in [0.1, 0.15) is 42.9 Å². The predicted octanol–water partition coefficient (Wildman–Crippen LogP) is 5.89. The summed E-state index contributed by atoms with van der Waals surface area (Å²) in [5.41, 5.74) is 4.36. The topological polar surface area (TPSA) is 55.6 Å². The molecule has 0 amide bonds. The predicted molar refractivity (Wildman–Crippen MR) is 134 cm³/mol. The molecule has 0 aliphatic heterocycles. The molecular weight excluding hydrogens is 412 g/mol. The van der Waals surface area contributed by atoms with E-state index in [1.165, 1.54) is 18.4 Å². The van der Waals surface area contributed by atoms with E-state index in [-0.39, 0.29) is 5.63 Å². The van der Waals surface area contributed by atoms with Crippen LogP contribution in [-0.2, 0) is 13.0 Å². The molecule has 0 saturated heterocycles. The number of aryl methyl sites for hydroxylation is 2. The second kappa shape index (κ2) is 10.6. The van der Waals surface area contributed by atoms with Gasteiger partial charge < -0.3 is 9.15 Å². The number of fused-ring (bicyclic) bond motifs is 3. The Morgan fingerprint density at radius 1 is 1.06 bits per heavy atom. The molecule has 2 heterocycles. The number of rotatable bonds is 10. The van der Waals surface area contributed by atoms with Crippen LogP contribution in [0.2, 0.25) is 0 Å². The molecule has 4 rings (SSSR count). The van der Waals surface area contributed by atoms with Crippen molar-refractivity contribution < 1.29 is 9.15 Å². The Morgan fingerprint density at radius 2 is 1.88 bits per heavy atom. The fourth-order valence-electron chi connectivity index (χ4n) is 4.42. The number of hydrogen-bond donors (Lipinski definition) is 0. The quantitative estimate of drug-likeness (QED) is 0.225. The largest absolute Gasteiger partial charge is 0.497 e. The number of benzene rings is 2. The highest BCUT2D eigenvalue weighted by molar-refractivity contribution is 6.02. The molecule has 0 fully saturated rings. The van der Waals surface area contributed by atoms with Crippen molar-refractivity contribution in [2.45, 2.75) is 46.1 Å². The zero-order valence-corrected chi connectivity index (χ0v) is 19.8. The molecule has 4 aromatic rings. The van der Waals surface area contributed by atoms with E-state index in [4.69, 9.17) is 9.15 Å². The van der Waals surface area contributed by atoms with Gasteiger partial charge in [0.25, 0.3) is 0 Å². The smallest absolute Gasteiger partial charge is 0.346 e. The lowest BCUT2D eigenvalue weighted by atomic mass is 10.0. The molecule has 2 aromatic carbocycles. The highest BCUT2D eigenvalue weighted by atomic mass is 16.5. The number of pyridine rings is 1. The second-order valence-corrected chi connectivity index (χ2v) is 8.60. The standard InChI is InChI=1S/C28H32N2O3/c1-4-5-15-30(19-21-10-8-12-23(17-21)32-3)16-9-11-22-18-29-27-24-13-6-7-14-25(24)33-28(31)26(27)20(22)2/h6-8,10,12-14,17-18H,4-5,9,11,15-16,19H2,1-3H3. The molecule has 0 N–H and O–H groups in total. The molecule has 0 aliphatic rings. The van der Waals surface area contributed by atoms with Crippen molar-refractivity contribution in [3.05, 3.63) is 81.8 Å². The Morgan fingerprint density at radius 3 is 2.70 bits per heavy atom. The summed E-state index contributed by atoms with van der Waals surface area (Å²) in [6, 6.07) is 15.9. The maximum absolute atomic E-state index is 12.7. The number of para-hydroxylation sites is 1. The lowest BCUT2D eigenvalue weighted by molar-refractivity contribution is 0.257. The Bertz CT molecular complexity index is 1300. The zero-order chi connectivity index (χ0) is 23.2. The highest BCUT2D eigenvalue weighted by Crippen LogP contribution is 2.25. The Hall–Kier alpha value is -3.18. The van der Waals surface area contributed by atoms with Crippen LogP contribution in [0, 0.1) is 6.92 Å². The molecule has 0 atom stereocenters. The maximum Gasteiger partial charge on any atom is 0.346 e. The van der Waals surface area contributed by atoms with Crippen LogP contribution in [0.15, 0.2) is 63.9 Å². The zero-order valence-electron chi connectivity index (χ0n) is 19.8. The van der Waals surface area contributed by atoms with Gasteiger partial charge in [-0.2, -0.15) is 0 Å². The van der Waals surface area contributed by atoms with Gasteiger partial charge in [-0.1, -0.05) is 37.6 Å². The van der Waals surface area contributed by atoms with Gasteiger partial charge in [-0.25, -0.2) is 4.79 Å². The number of aromatic nitrogens is 1. The average molecular weight is 445 g/mol. The van der Waals surface area contributed by atoms with Gasteiger partial charge in [0.15, 0.2) is 0 Å². The van der Waals surface area contributed by atoms with Gasteiger partial charge in [-0.05, 0) is 80.2 Å². The van der Waals surface area contributed by atoms with Gasteiger partial charge in [0.05, 0.1) is 18.0 Å². The number of ether oxygens (including phenoxy) is 1. The van der Waals surface area contributed by atoms with Crippen molar-refractivity contribution in [1.29, 1.82) is 0 Å². The third kappa shape index (κ3) is 5.25. The fraction of sp³-hybridized carbons (Fsp3) is 0.357. The summed E-state index contributed by atoms with van der Waals surface area (Å²) in [6.45, 7) is 7.19. The van der Waals surface area contributed by atoms with Gasteiger partial charge in [-0.15, -0.1) is 0 Å². The number of unbranched alkanes of at least 4 members (excludes halogenated alkanes) is 1. The first-order valence-corrected chi connectivity index (χ1v) is 11.8. The van der Waals surface area contributed by atoms with E-state index in [9.17, 15) is 4.79 Å². The highest BCUT2D eigenvalue weighted by Gasteiger charge is 2.14. The number of nitrogens with zero attached hydrogens (tertiary/aromatic N) is 2. The maximum atomic E-state index is 12.7. The molecule has 0 spiro atoms. The first-order chi connectivity index (χ1) is 16.1. The summed E-state index contributed by atoms with van der Waals surface area (Å²) in [6.07, 6.45) is 6.16. The molecule has 0 unspecified atom stereocenters. The molecule has 0 aliphatic carbocycles. The van der Waals surface area contributed by atoms with Crippen molar-refractivity contribution in [2.24, 2.45) is 0 Å². The Balaban J connectivity index is 1.50. The Labute approximate surface area is 195 Å². The van der Waals surface area contributed by atoms with Crippen LogP contribution in [0.5, 0.6) is 5.75 Å². The average Bonchev–Trinajstić information content (AvgIpc) is 2.83. The van der Waals surface area contributed by atoms with Gasteiger partial charge >= 0.3 is 5.63 Å². The minimum atomic E-state index is -0.307. The van der Waals surface area contributed by atoms with Crippen molar-refractivity contribution in [3.63, 3.8) is 0 Å². The second-order valence-electron chi connectivity index (χ2n) is 8.60. The number of hydrogen-bond acceptors (Lipinski definition) is 5. The van der Waals surface area contributed by atoms with Crippen molar-refractivity contribution in [1.82, 2.24) is 9.88 Å². The third-order valence-electron chi connectivity index (χ3n) is 6.28. The van der Waals surface area contributed by atoms with Crippen LogP contribution in [0.4, 0.5) is 0 Å². The van der Waals surface area contributed by atoms with E-state index in [0.717, 1.165) is 60.3 Å². The summed E-state index contributed by atoms with van der Waals surface area (Å²) in [5, 5.41) is 1.48. The Kier molecular flexibility index (Phi) is 7.40. The molecule has 0 radical (unpaired) electrons. The third-order valence-corrected chi connectivity index (χ3v) is 6.28. The van der Waals surface area contributed by atoms with Gasteiger partial charge in [-0.3, -0.25) is 9.88 Å². The first-order valence-electron chi connectivity index (χ1n) is 11.8. The lowest BCUT2D eigenvalue weighted by Crippen LogP contribution is -2.26. The molecule has 5 heteroatoms. The van der Waals surface area contributed by atoms with Crippen LogP contribution >= 0.6 is 0 Å². The van der Waals surface area contributed by atoms with Crippen LogP contribution < -0.4 is 10.4 Å². The monoisotopic (exact) mass is 444 g/mol. The summed E-state index contributed by atoms with van der Waals surface area (Å²) in [5.74, 6) is 0.896. The van der Waals surface area contributed by atoms with E-state index in [0.29, 0.717) is 11.0 Å². The van der Waals surface area contributed by atoms with Crippen molar-refractivity contribution in [2.75, 3.05) is 20.2 Å². The van der Waals surface area contributed by atoms with Crippen LogP contribution in [-0.4, -0.2) is 30.1 Å². The molecule has 2 aromatic heterocycles. The summed E-state index contributed by atoms with van der Waals surface area (Å²) >= 11 is 0. The van der Waals surface area contributed by atoms with Crippen molar-refractivity contribution in [3.8, 4) is 5.75 Å². The summed E-state index contributed by atoms with van der Waals surface area (Å²) in [4.78, 5) is 19.9. The molecule has 0 bridgehead atoms. The minimum absolute atomic E-state index is 0.307. The normalized spacial score (nSPS) is 11.5. The van der Waals surface area contributed by atoms with Gasteiger partial charge in [0.2, 0.25) is 0 Å². The summed E-state index contributed by atoms with van der Waals surface area (Å²) in [7, 11) is 1.71. The molecule has 5 nitrogen and oxygen atoms in total. The minimum Gasteiger partial charge on any atom is -0.497 e. The van der Waals surface area contributed by atoms with E-state index >= 15 is 0 Å². The molecule has 0 saturated carbocycles. The van der Waals surface area contributed by atoms with Crippen LogP contribution in [0.25, 0.3) is 21.9 Å².